The van der Waals surface area contributed by atoms with Gasteiger partial charge in [0.15, 0.2) is 0 Å². The molecule has 3 rings (SSSR count). The summed E-state index contributed by atoms with van der Waals surface area (Å²) in [5.74, 6) is 1.85. The monoisotopic (exact) mass is 456 g/mol. The van der Waals surface area contributed by atoms with Crippen molar-refractivity contribution in [3.63, 3.8) is 0 Å². The van der Waals surface area contributed by atoms with Crippen LogP contribution in [0.1, 0.15) is 25.2 Å². The Bertz CT molecular complexity index is 1000. The third-order valence-corrected chi connectivity index (χ3v) is 5.56. The molecular weight excluding hydrogens is 432 g/mol. The first kappa shape index (κ1) is 22.8. The van der Waals surface area contributed by atoms with Gasteiger partial charge in [-0.25, -0.2) is 0 Å². The molecule has 162 valence electrons. The van der Waals surface area contributed by atoms with E-state index in [-0.39, 0.29) is 17.9 Å². The molecule has 0 radical (unpaired) electrons. The van der Waals surface area contributed by atoms with Crippen molar-refractivity contribution in [2.45, 2.75) is 32.2 Å². The zero-order valence-corrected chi connectivity index (χ0v) is 19.0. The summed E-state index contributed by atoms with van der Waals surface area (Å²) in [5, 5.41) is 3.73. The number of hydrogen-bond donors (Lipinski definition) is 2. The minimum Gasteiger partial charge on any atom is -0.368 e. The lowest BCUT2D eigenvalue weighted by molar-refractivity contribution is -0.130. The maximum Gasteiger partial charge on any atom is 0.233 e. The topological polar surface area (TPSA) is 97.0 Å². The molecule has 0 aliphatic heterocycles. The average Bonchev–Trinajstić information content (AvgIpc) is 2.74. The van der Waals surface area contributed by atoms with Crippen LogP contribution in [0.5, 0.6) is 0 Å². The minimum absolute atomic E-state index is 0.0744. The fraction of sp³-hybridized carbons (Fsp3) is 0.273. The Hall–Kier alpha value is -2.84. The molecule has 1 amide bonds. The van der Waals surface area contributed by atoms with Crippen molar-refractivity contribution in [3.05, 3.63) is 71.0 Å². The highest BCUT2D eigenvalue weighted by Gasteiger charge is 2.17. The van der Waals surface area contributed by atoms with Crippen molar-refractivity contribution < 1.29 is 4.79 Å². The van der Waals surface area contributed by atoms with Crippen molar-refractivity contribution in [2.75, 3.05) is 16.8 Å². The predicted octanol–water partition coefficient (Wildman–Crippen LogP) is 4.52. The van der Waals surface area contributed by atoms with Gasteiger partial charge < -0.3 is 16.0 Å². The maximum absolute atomic E-state index is 12.8. The molecule has 0 aliphatic rings. The number of anilines is 3. The second kappa shape index (κ2) is 11.0. The van der Waals surface area contributed by atoms with E-state index in [9.17, 15) is 4.79 Å². The van der Waals surface area contributed by atoms with E-state index in [0.717, 1.165) is 11.3 Å². The standard InChI is InChI=1S/C22H25ClN6OS/c1-15(2)29(12-16-6-4-3-5-7-16)20(30)14-31-13-19-26-21(24)28-22(27-19)25-18-10-8-17(23)9-11-18/h3-11,15H,12-14H2,1-2H3,(H3,24,25,26,27,28). The molecule has 3 aromatic rings. The van der Waals surface area contributed by atoms with Crippen molar-refractivity contribution >= 4 is 46.9 Å². The molecule has 0 aliphatic carbocycles. The number of benzene rings is 2. The number of nitrogens with two attached hydrogens (primary N) is 1. The normalized spacial score (nSPS) is 10.8. The van der Waals surface area contributed by atoms with E-state index in [2.05, 4.69) is 20.3 Å². The molecule has 0 saturated heterocycles. The number of amides is 1. The van der Waals surface area contributed by atoms with E-state index in [0.29, 0.717) is 34.8 Å². The number of nitrogen functional groups attached to an aromatic ring is 1. The van der Waals surface area contributed by atoms with E-state index < -0.39 is 0 Å². The van der Waals surface area contributed by atoms with Crippen LogP contribution >= 0.6 is 23.4 Å². The van der Waals surface area contributed by atoms with Gasteiger partial charge >= 0.3 is 0 Å². The van der Waals surface area contributed by atoms with Crippen LogP contribution < -0.4 is 11.1 Å². The van der Waals surface area contributed by atoms with Crippen LogP contribution in [0.15, 0.2) is 54.6 Å². The lowest BCUT2D eigenvalue weighted by Gasteiger charge is -2.27. The van der Waals surface area contributed by atoms with Crippen LogP contribution in [0, 0.1) is 0 Å². The number of carbonyl (C=O) groups excluding carboxylic acids is 1. The van der Waals surface area contributed by atoms with Crippen LogP contribution in [0.2, 0.25) is 5.02 Å². The van der Waals surface area contributed by atoms with Crippen LogP contribution in [-0.4, -0.2) is 37.6 Å². The second-order valence-electron chi connectivity index (χ2n) is 7.16. The third-order valence-electron chi connectivity index (χ3n) is 4.40. The summed E-state index contributed by atoms with van der Waals surface area (Å²) >= 11 is 7.36. The Kier molecular flexibility index (Phi) is 8.08. The molecule has 0 spiro atoms. The summed E-state index contributed by atoms with van der Waals surface area (Å²) in [7, 11) is 0. The molecule has 0 saturated carbocycles. The summed E-state index contributed by atoms with van der Waals surface area (Å²) in [4.78, 5) is 27.4. The molecule has 0 fully saturated rings. The number of hydrogen-bond acceptors (Lipinski definition) is 7. The van der Waals surface area contributed by atoms with E-state index in [1.807, 2.05) is 61.2 Å². The van der Waals surface area contributed by atoms with Gasteiger partial charge in [-0.1, -0.05) is 41.9 Å². The first-order valence-corrected chi connectivity index (χ1v) is 11.4. The number of carbonyl (C=O) groups is 1. The molecule has 31 heavy (non-hydrogen) atoms. The molecule has 1 heterocycles. The van der Waals surface area contributed by atoms with Crippen molar-refractivity contribution in [1.29, 1.82) is 0 Å². The molecule has 1 aromatic heterocycles. The van der Waals surface area contributed by atoms with Gasteiger partial charge in [0.25, 0.3) is 0 Å². The average molecular weight is 457 g/mol. The Balaban J connectivity index is 1.58. The van der Waals surface area contributed by atoms with Gasteiger partial charge in [-0.2, -0.15) is 15.0 Å². The van der Waals surface area contributed by atoms with Crippen LogP contribution in [0.3, 0.4) is 0 Å². The van der Waals surface area contributed by atoms with Crippen molar-refractivity contribution in [1.82, 2.24) is 19.9 Å². The highest BCUT2D eigenvalue weighted by atomic mass is 35.5. The first-order chi connectivity index (χ1) is 14.9. The maximum atomic E-state index is 12.8. The first-order valence-electron chi connectivity index (χ1n) is 9.85. The number of rotatable bonds is 9. The third kappa shape index (κ3) is 7.11. The number of nitrogens with one attached hydrogen (secondary N) is 1. The zero-order chi connectivity index (χ0) is 22.2. The van der Waals surface area contributed by atoms with E-state index in [1.54, 1.807) is 12.1 Å². The van der Waals surface area contributed by atoms with E-state index >= 15 is 0 Å². The minimum atomic E-state index is 0.0744. The van der Waals surface area contributed by atoms with Gasteiger partial charge in [-0.3, -0.25) is 4.79 Å². The van der Waals surface area contributed by atoms with Crippen molar-refractivity contribution in [3.8, 4) is 0 Å². The molecule has 0 atom stereocenters. The molecule has 3 N–H and O–H groups in total. The number of halogens is 1. The Morgan fingerprint density at radius 1 is 1.10 bits per heavy atom. The van der Waals surface area contributed by atoms with Crippen LogP contribution in [-0.2, 0) is 17.1 Å². The van der Waals surface area contributed by atoms with Crippen molar-refractivity contribution in [2.24, 2.45) is 0 Å². The van der Waals surface area contributed by atoms with Gasteiger partial charge in [-0.05, 0) is 43.7 Å². The quantitative estimate of drug-likeness (QED) is 0.488. The number of thioether (sulfide) groups is 1. The van der Waals surface area contributed by atoms with E-state index in [1.165, 1.54) is 11.8 Å². The molecule has 9 heteroatoms. The van der Waals surface area contributed by atoms with Gasteiger partial charge in [0, 0.05) is 23.3 Å². The molecular formula is C22H25ClN6OS. The zero-order valence-electron chi connectivity index (χ0n) is 17.5. The Morgan fingerprint density at radius 2 is 1.81 bits per heavy atom. The highest BCUT2D eigenvalue weighted by molar-refractivity contribution is 7.99. The fourth-order valence-corrected chi connectivity index (χ4v) is 3.75. The molecule has 7 nitrogen and oxygen atoms in total. The molecule has 0 bridgehead atoms. The van der Waals surface area contributed by atoms with Gasteiger partial charge in [0.05, 0.1) is 11.5 Å². The lowest BCUT2D eigenvalue weighted by Crippen LogP contribution is -2.37. The highest BCUT2D eigenvalue weighted by Crippen LogP contribution is 2.19. The summed E-state index contributed by atoms with van der Waals surface area (Å²) in [6, 6.07) is 17.3. The number of nitrogens with zero attached hydrogens (tertiary/aromatic N) is 4. The summed E-state index contributed by atoms with van der Waals surface area (Å²) in [5.41, 5.74) is 7.73. The predicted molar refractivity (Wildman–Crippen MR) is 127 cm³/mol. The van der Waals surface area contributed by atoms with Gasteiger partial charge in [0.2, 0.25) is 17.8 Å². The van der Waals surface area contributed by atoms with E-state index in [4.69, 9.17) is 17.3 Å². The summed E-state index contributed by atoms with van der Waals surface area (Å²) in [6.07, 6.45) is 0. The SMILES string of the molecule is CC(C)N(Cc1ccccc1)C(=O)CSCc1nc(N)nc(Nc2ccc(Cl)cc2)n1. The molecule has 2 aromatic carbocycles. The lowest BCUT2D eigenvalue weighted by atomic mass is 10.2. The van der Waals surface area contributed by atoms with Gasteiger partial charge in [0.1, 0.15) is 5.82 Å². The van der Waals surface area contributed by atoms with Crippen LogP contribution in [0.4, 0.5) is 17.6 Å². The molecule has 0 unspecified atom stereocenters. The Labute approximate surface area is 191 Å². The largest absolute Gasteiger partial charge is 0.368 e. The summed E-state index contributed by atoms with van der Waals surface area (Å²) < 4.78 is 0. The second-order valence-corrected chi connectivity index (χ2v) is 8.58. The summed E-state index contributed by atoms with van der Waals surface area (Å²) in [6.45, 7) is 4.63. The Morgan fingerprint density at radius 3 is 2.48 bits per heavy atom. The van der Waals surface area contributed by atoms with Crippen LogP contribution in [0.25, 0.3) is 0 Å². The smallest absolute Gasteiger partial charge is 0.233 e. The number of aromatic nitrogens is 3. The van der Waals surface area contributed by atoms with Gasteiger partial charge in [-0.15, -0.1) is 11.8 Å². The fourth-order valence-electron chi connectivity index (χ4n) is 2.87.